The minimum absolute atomic E-state index is 0.249. The number of ether oxygens (including phenoxy) is 1. The Hall–Kier alpha value is -2.88. The summed E-state index contributed by atoms with van der Waals surface area (Å²) in [6, 6.07) is 10.7. The van der Waals surface area contributed by atoms with Gasteiger partial charge in [0.1, 0.15) is 11.4 Å². The van der Waals surface area contributed by atoms with E-state index in [1.165, 1.54) is 22.4 Å². The molecule has 3 aromatic rings. The summed E-state index contributed by atoms with van der Waals surface area (Å²) in [7, 11) is 2.10. The molecule has 1 atom stereocenters. The molecule has 0 bridgehead atoms. The fraction of sp³-hybridized carbons (Fsp3) is 0.304. The topological polar surface area (TPSA) is 37.7 Å². The van der Waals surface area contributed by atoms with Gasteiger partial charge in [-0.25, -0.2) is 0 Å². The molecule has 136 valence electrons. The molecule has 1 unspecified atom stereocenters. The molecule has 0 fully saturated rings. The maximum atomic E-state index is 6.73. The molecule has 27 heavy (non-hydrogen) atoms. The molecule has 3 heterocycles. The predicted octanol–water partition coefficient (Wildman–Crippen LogP) is 5.07. The number of anilines is 1. The van der Waals surface area contributed by atoms with Gasteiger partial charge in [-0.15, -0.1) is 0 Å². The Morgan fingerprint density at radius 1 is 1.04 bits per heavy atom. The van der Waals surface area contributed by atoms with Gasteiger partial charge < -0.3 is 9.64 Å². The molecular formula is C23H23N3O. The lowest BCUT2D eigenvalue weighted by Gasteiger charge is -2.44. The molecule has 1 aromatic heterocycles. The largest absolute Gasteiger partial charge is 0.459 e. The van der Waals surface area contributed by atoms with Crippen LogP contribution in [0.2, 0.25) is 0 Å². The number of aliphatic imine (C=N–C) groups is 1. The Morgan fingerprint density at radius 2 is 1.81 bits per heavy atom. The van der Waals surface area contributed by atoms with Crippen LogP contribution in [-0.2, 0) is 5.41 Å². The third-order valence-corrected chi connectivity index (χ3v) is 6.43. The minimum Gasteiger partial charge on any atom is -0.459 e. The van der Waals surface area contributed by atoms with Crippen molar-refractivity contribution in [3.63, 3.8) is 0 Å². The van der Waals surface area contributed by atoms with Crippen molar-refractivity contribution < 1.29 is 4.74 Å². The number of nitrogens with zero attached hydrogens (tertiary/aromatic N) is 3. The highest BCUT2D eigenvalue weighted by Crippen LogP contribution is 2.54. The molecular weight excluding hydrogens is 334 g/mol. The van der Waals surface area contributed by atoms with Gasteiger partial charge in [0.2, 0.25) is 5.72 Å². The normalized spacial score (nSPS) is 22.0. The van der Waals surface area contributed by atoms with Gasteiger partial charge in [0.15, 0.2) is 0 Å². The number of hydrogen-bond acceptors (Lipinski definition) is 4. The van der Waals surface area contributed by atoms with Gasteiger partial charge in [-0.1, -0.05) is 12.1 Å². The number of benzene rings is 2. The minimum atomic E-state index is -0.654. The lowest BCUT2D eigenvalue weighted by molar-refractivity contribution is 0.0826. The van der Waals surface area contributed by atoms with Crippen LogP contribution in [-0.4, -0.2) is 24.0 Å². The van der Waals surface area contributed by atoms with Gasteiger partial charge in [-0.3, -0.25) is 9.98 Å². The highest BCUT2D eigenvalue weighted by Gasteiger charge is 2.58. The molecule has 0 amide bonds. The van der Waals surface area contributed by atoms with Crippen LogP contribution in [0.1, 0.15) is 30.5 Å². The summed E-state index contributed by atoms with van der Waals surface area (Å²) in [6.45, 7) is 8.81. The van der Waals surface area contributed by atoms with Crippen LogP contribution in [0.4, 0.5) is 11.4 Å². The molecule has 1 spiro atoms. The van der Waals surface area contributed by atoms with E-state index in [9.17, 15) is 0 Å². The average Bonchev–Trinajstić information content (AvgIpc) is 2.81. The van der Waals surface area contributed by atoms with Crippen LogP contribution in [0.25, 0.3) is 10.8 Å². The number of rotatable bonds is 0. The Bertz CT molecular complexity index is 1130. The number of aryl methyl sites for hydroxylation is 2. The number of pyridine rings is 1. The van der Waals surface area contributed by atoms with Crippen molar-refractivity contribution in [2.45, 2.75) is 38.8 Å². The van der Waals surface area contributed by atoms with Crippen molar-refractivity contribution in [2.75, 3.05) is 11.9 Å². The summed E-state index contributed by atoms with van der Waals surface area (Å²) in [6.07, 6.45) is 5.64. The summed E-state index contributed by atoms with van der Waals surface area (Å²) in [5.41, 5.74) is 5.06. The molecule has 4 heteroatoms. The fourth-order valence-corrected chi connectivity index (χ4v) is 4.50. The van der Waals surface area contributed by atoms with E-state index in [1.807, 2.05) is 24.5 Å². The van der Waals surface area contributed by atoms with E-state index in [2.05, 4.69) is 62.8 Å². The fourth-order valence-electron chi connectivity index (χ4n) is 4.50. The first-order valence-electron chi connectivity index (χ1n) is 9.32. The first-order chi connectivity index (χ1) is 12.8. The van der Waals surface area contributed by atoms with Crippen molar-refractivity contribution >= 4 is 28.4 Å². The summed E-state index contributed by atoms with van der Waals surface area (Å²) >= 11 is 0. The molecule has 4 nitrogen and oxygen atoms in total. The first-order valence-corrected chi connectivity index (χ1v) is 9.32. The molecule has 0 saturated carbocycles. The van der Waals surface area contributed by atoms with Gasteiger partial charge >= 0.3 is 0 Å². The van der Waals surface area contributed by atoms with Gasteiger partial charge in [0.05, 0.1) is 11.6 Å². The van der Waals surface area contributed by atoms with Crippen LogP contribution < -0.4 is 9.64 Å². The average molecular weight is 357 g/mol. The zero-order chi connectivity index (χ0) is 19.0. The molecule has 2 aromatic carbocycles. The second-order valence-electron chi connectivity index (χ2n) is 8.20. The van der Waals surface area contributed by atoms with Crippen LogP contribution in [0, 0.1) is 13.8 Å². The van der Waals surface area contributed by atoms with E-state index in [0.29, 0.717) is 0 Å². The summed E-state index contributed by atoms with van der Waals surface area (Å²) in [4.78, 5) is 11.4. The van der Waals surface area contributed by atoms with Gasteiger partial charge in [0.25, 0.3) is 0 Å². The third kappa shape index (κ3) is 1.93. The number of fused-ring (bicyclic) bond motifs is 4. The van der Waals surface area contributed by atoms with Crippen molar-refractivity contribution in [3.05, 3.63) is 59.4 Å². The van der Waals surface area contributed by atoms with E-state index in [0.717, 1.165) is 22.2 Å². The molecule has 0 saturated heterocycles. The van der Waals surface area contributed by atoms with E-state index in [1.54, 1.807) is 6.20 Å². The van der Waals surface area contributed by atoms with Gasteiger partial charge in [-0.2, -0.15) is 0 Å². The highest BCUT2D eigenvalue weighted by molar-refractivity contribution is 5.99. The number of likely N-dealkylation sites (N-methyl/N-ethyl adjacent to an activating group) is 1. The molecule has 0 radical (unpaired) electrons. The lowest BCUT2D eigenvalue weighted by atomic mass is 9.77. The molecule has 2 aliphatic rings. The SMILES string of the molecule is Cc1cc2c(cc1C)C(C)(C)C1(C=Nc3c(ccc4ccncc34)O1)N2C. The number of hydrogen-bond donors (Lipinski definition) is 0. The Balaban J connectivity index is 1.71. The summed E-state index contributed by atoms with van der Waals surface area (Å²) in [5.74, 6) is 0.805. The van der Waals surface area contributed by atoms with E-state index < -0.39 is 5.72 Å². The van der Waals surface area contributed by atoms with E-state index in [-0.39, 0.29) is 5.41 Å². The summed E-state index contributed by atoms with van der Waals surface area (Å²) in [5, 5.41) is 2.14. The zero-order valence-electron chi connectivity index (χ0n) is 16.4. The Morgan fingerprint density at radius 3 is 2.63 bits per heavy atom. The van der Waals surface area contributed by atoms with Crippen LogP contribution in [0.5, 0.6) is 5.75 Å². The van der Waals surface area contributed by atoms with Crippen molar-refractivity contribution in [2.24, 2.45) is 4.99 Å². The maximum Gasteiger partial charge on any atom is 0.228 e. The molecule has 2 aliphatic heterocycles. The smallest absolute Gasteiger partial charge is 0.228 e. The lowest BCUT2D eigenvalue weighted by Crippen LogP contribution is -2.61. The van der Waals surface area contributed by atoms with E-state index >= 15 is 0 Å². The Kier molecular flexibility index (Phi) is 3.08. The first kappa shape index (κ1) is 16.3. The second-order valence-corrected chi connectivity index (χ2v) is 8.20. The van der Waals surface area contributed by atoms with Crippen molar-refractivity contribution in [3.8, 4) is 5.75 Å². The van der Waals surface area contributed by atoms with Crippen molar-refractivity contribution in [1.82, 2.24) is 4.98 Å². The second kappa shape index (κ2) is 5.10. The zero-order valence-corrected chi connectivity index (χ0v) is 16.4. The van der Waals surface area contributed by atoms with Crippen LogP contribution in [0.3, 0.4) is 0 Å². The summed E-state index contributed by atoms with van der Waals surface area (Å²) < 4.78 is 6.73. The van der Waals surface area contributed by atoms with Crippen LogP contribution in [0.15, 0.2) is 47.7 Å². The quantitative estimate of drug-likeness (QED) is 0.564. The highest BCUT2D eigenvalue weighted by atomic mass is 16.5. The standard InChI is InChI=1S/C23H23N3O/c1-14-10-18-19(11-15(14)2)26(5)23(22(18,3)4)13-25-21-17-12-24-9-8-16(17)6-7-20(21)27-23/h6-13H,1-5H3. The van der Waals surface area contributed by atoms with Crippen molar-refractivity contribution in [1.29, 1.82) is 0 Å². The maximum absolute atomic E-state index is 6.73. The van der Waals surface area contributed by atoms with Gasteiger partial charge in [-0.05, 0) is 68.0 Å². The molecule has 5 rings (SSSR count). The van der Waals surface area contributed by atoms with E-state index in [4.69, 9.17) is 9.73 Å². The monoisotopic (exact) mass is 357 g/mol. The molecule has 0 aliphatic carbocycles. The Labute approximate surface area is 159 Å². The predicted molar refractivity (Wildman–Crippen MR) is 111 cm³/mol. The van der Waals surface area contributed by atoms with Crippen LogP contribution >= 0.6 is 0 Å². The molecule has 0 N–H and O–H groups in total. The third-order valence-electron chi connectivity index (χ3n) is 6.43. The number of aromatic nitrogens is 1. The van der Waals surface area contributed by atoms with Gasteiger partial charge in [0, 0.05) is 30.5 Å².